The maximum atomic E-state index is 13.1. The van der Waals surface area contributed by atoms with Gasteiger partial charge in [-0.25, -0.2) is 14.4 Å². The van der Waals surface area contributed by atoms with Gasteiger partial charge in [-0.3, -0.25) is 58.0 Å². The molecule has 4 aliphatic rings. The van der Waals surface area contributed by atoms with Gasteiger partial charge in [-0.15, -0.1) is 0 Å². The average Bonchev–Trinajstić information content (AvgIpc) is 4.00. The van der Waals surface area contributed by atoms with Gasteiger partial charge in [-0.05, 0) is 110 Å². The lowest BCUT2D eigenvalue weighted by atomic mass is 10.1. The van der Waals surface area contributed by atoms with E-state index >= 15 is 0 Å². The zero-order chi connectivity index (χ0) is 48.8. The fraction of sp³-hybridized carbons (Fsp3) is 0.0816. The van der Waals surface area contributed by atoms with E-state index in [1.807, 2.05) is 0 Å². The fourth-order valence-corrected chi connectivity index (χ4v) is 7.38. The van der Waals surface area contributed by atoms with Gasteiger partial charge in [0.05, 0.1) is 38.9 Å². The van der Waals surface area contributed by atoms with E-state index in [1.165, 1.54) is 103 Å². The summed E-state index contributed by atoms with van der Waals surface area (Å²) in [4.78, 5) is 142. The number of aryl methyl sites for hydroxylation is 1. The average molecular weight is 931 g/mol. The molecule has 0 radical (unpaired) electrons. The number of ether oxygens (including phenoxy) is 4. The van der Waals surface area contributed by atoms with Crippen molar-refractivity contribution in [1.82, 2.24) is 19.6 Å². The molecule has 8 amide bonds. The Kier molecular flexibility index (Phi) is 11.4. The van der Waals surface area contributed by atoms with Crippen LogP contribution in [0.4, 0.5) is 0 Å². The molecule has 0 saturated heterocycles. The number of amides is 8. The van der Waals surface area contributed by atoms with Crippen LogP contribution in [0.25, 0.3) is 0 Å². The molecule has 20 nitrogen and oxygen atoms in total. The Balaban J connectivity index is 0.757. The largest absolute Gasteiger partial charge is 0.461 e. The molecule has 1 atom stereocenters. The Morgan fingerprint density at radius 1 is 0.449 bits per heavy atom. The number of nitrogens with zero attached hydrogens (tertiary/aromatic N) is 4. The van der Waals surface area contributed by atoms with E-state index in [0.29, 0.717) is 5.56 Å². The third-order valence-corrected chi connectivity index (χ3v) is 11.1. The second-order valence-corrected chi connectivity index (χ2v) is 15.4. The van der Waals surface area contributed by atoms with Gasteiger partial charge in [0.1, 0.15) is 36.3 Å². The summed E-state index contributed by atoms with van der Waals surface area (Å²) in [5.41, 5.74) is 0.517. The van der Waals surface area contributed by atoms with Crippen LogP contribution in [0.2, 0.25) is 0 Å². The molecule has 5 aromatic rings. The molecule has 1 N–H and O–H groups in total. The molecule has 0 saturated carbocycles. The molecular formula is C49H30N4O16. The molecule has 0 spiro atoms. The minimum absolute atomic E-state index is 0.0186. The van der Waals surface area contributed by atoms with Crippen LogP contribution in [0.3, 0.4) is 0 Å². The summed E-state index contributed by atoms with van der Waals surface area (Å²) in [5.74, 6) is -7.64. The molecule has 1 unspecified atom stereocenters. The first-order chi connectivity index (χ1) is 33.0. The molecule has 5 aromatic carbocycles. The number of fused-ring (bicyclic) bond motifs is 2. The monoisotopic (exact) mass is 930 g/mol. The first-order valence-corrected chi connectivity index (χ1v) is 20.4. The smallest absolute Gasteiger partial charge is 0.343 e. The highest BCUT2D eigenvalue weighted by Crippen LogP contribution is 2.31. The highest BCUT2D eigenvalue weighted by molar-refractivity contribution is 6.23. The molecular weight excluding hydrogens is 901 g/mol. The molecule has 0 aliphatic carbocycles. The minimum atomic E-state index is -1.60. The van der Waals surface area contributed by atoms with Gasteiger partial charge in [0, 0.05) is 29.9 Å². The molecule has 0 aromatic heterocycles. The van der Waals surface area contributed by atoms with Gasteiger partial charge in [-0.1, -0.05) is 6.07 Å². The van der Waals surface area contributed by atoms with Gasteiger partial charge >= 0.3 is 17.9 Å². The van der Waals surface area contributed by atoms with Crippen molar-refractivity contribution in [2.45, 2.75) is 13.2 Å². The van der Waals surface area contributed by atoms with Crippen LogP contribution in [0.1, 0.15) is 89.9 Å². The summed E-state index contributed by atoms with van der Waals surface area (Å²) in [7, 11) is 0. The van der Waals surface area contributed by atoms with Crippen molar-refractivity contribution < 1.29 is 76.8 Å². The molecule has 9 rings (SSSR count). The van der Waals surface area contributed by atoms with Gasteiger partial charge < -0.3 is 24.1 Å². The van der Waals surface area contributed by atoms with E-state index < -0.39 is 84.8 Å². The first kappa shape index (κ1) is 44.5. The standard InChI is InChI=1S/C49H30N4O16/c1-25-20-32(68-46(62)26-2-8-30(9-3-26)66-48(64)28-6-13-33-35(21-28)44(60)52(42(33)58)23-50-38(54)16-17-39(50)55)12-15-37(25)69-47(63)27-4-10-31(11-5-27)67-49(65)29-7-14-34-36(22-29)45(61)53(43(34)59)24-51-40(56)18-19-41(51)57/h2-22,48,64H,23-24H2,1H3. The lowest BCUT2D eigenvalue weighted by Gasteiger charge is -2.20. The van der Waals surface area contributed by atoms with E-state index in [0.717, 1.165) is 43.9 Å². The van der Waals surface area contributed by atoms with Crippen LogP contribution in [0, 0.1) is 6.92 Å². The second kappa shape index (κ2) is 17.6. The predicted octanol–water partition coefficient (Wildman–Crippen LogP) is 3.68. The SMILES string of the molecule is Cc1cc(OC(=O)c2ccc(OC(O)c3ccc4c(c3)C(=O)N(CN3C(=O)C=CC3=O)C4=O)cc2)ccc1OC(=O)c1ccc(OC(=O)c2ccc3c(c2)C(=O)N(CN2C(=O)C=CC2=O)C3=O)cc1. The van der Waals surface area contributed by atoms with E-state index in [1.54, 1.807) is 6.92 Å². The van der Waals surface area contributed by atoms with Crippen molar-refractivity contribution in [2.75, 3.05) is 13.3 Å². The zero-order valence-corrected chi connectivity index (χ0v) is 35.5. The first-order valence-electron chi connectivity index (χ1n) is 20.4. The van der Waals surface area contributed by atoms with Gasteiger partial charge in [0.25, 0.3) is 47.3 Å². The Morgan fingerprint density at radius 2 is 0.870 bits per heavy atom. The van der Waals surface area contributed by atoms with Crippen LogP contribution < -0.4 is 18.9 Å². The molecule has 69 heavy (non-hydrogen) atoms. The molecule has 342 valence electrons. The van der Waals surface area contributed by atoms with Crippen LogP contribution in [-0.4, -0.2) is 103 Å². The quantitative estimate of drug-likeness (QED) is 0.0764. The Labute approximate surface area is 387 Å². The highest BCUT2D eigenvalue weighted by atomic mass is 16.6. The molecule has 0 bridgehead atoms. The third kappa shape index (κ3) is 8.52. The topological polar surface area (TPSA) is 258 Å². The number of carbonyl (C=O) groups is 11. The summed E-state index contributed by atoms with van der Waals surface area (Å²) in [6, 6.07) is 22.9. The normalized spacial score (nSPS) is 15.3. The van der Waals surface area contributed by atoms with Crippen LogP contribution in [0.15, 0.2) is 127 Å². The number of carbonyl (C=O) groups excluding carboxylic acids is 11. The van der Waals surface area contributed by atoms with Crippen molar-refractivity contribution in [3.8, 4) is 23.0 Å². The van der Waals surface area contributed by atoms with Gasteiger partial charge in [-0.2, -0.15) is 0 Å². The van der Waals surface area contributed by atoms with Crippen LogP contribution >= 0.6 is 0 Å². The summed E-state index contributed by atoms with van der Waals surface area (Å²) >= 11 is 0. The second-order valence-electron chi connectivity index (χ2n) is 15.4. The number of benzene rings is 5. The van der Waals surface area contributed by atoms with E-state index in [9.17, 15) is 57.8 Å². The number of imide groups is 4. The number of hydrogen-bond donors (Lipinski definition) is 1. The van der Waals surface area contributed by atoms with Crippen molar-refractivity contribution in [3.63, 3.8) is 0 Å². The number of esters is 3. The van der Waals surface area contributed by atoms with Crippen LogP contribution in [0.5, 0.6) is 23.0 Å². The van der Waals surface area contributed by atoms with Gasteiger partial charge in [0.15, 0.2) is 0 Å². The van der Waals surface area contributed by atoms with E-state index in [4.69, 9.17) is 18.9 Å². The maximum absolute atomic E-state index is 13.1. The Bertz CT molecular complexity index is 3190. The van der Waals surface area contributed by atoms with E-state index in [-0.39, 0.29) is 67.5 Å². The fourth-order valence-electron chi connectivity index (χ4n) is 7.38. The number of aliphatic hydroxyl groups excluding tert-OH is 1. The van der Waals surface area contributed by atoms with Crippen molar-refractivity contribution in [1.29, 1.82) is 0 Å². The molecule has 4 heterocycles. The Morgan fingerprint density at radius 3 is 1.41 bits per heavy atom. The summed E-state index contributed by atoms with van der Waals surface area (Å²) < 4.78 is 22.1. The minimum Gasteiger partial charge on any atom is -0.461 e. The lowest BCUT2D eigenvalue weighted by Crippen LogP contribution is -2.43. The molecule has 20 heteroatoms. The molecule has 0 fully saturated rings. The third-order valence-electron chi connectivity index (χ3n) is 11.1. The Hall–Kier alpha value is -9.69. The summed E-state index contributed by atoms with van der Waals surface area (Å²) in [6.45, 7) is 0.463. The van der Waals surface area contributed by atoms with Crippen LogP contribution in [-0.2, 0) is 19.2 Å². The molecule has 4 aliphatic heterocycles. The van der Waals surface area contributed by atoms with Crippen molar-refractivity contribution in [3.05, 3.63) is 178 Å². The zero-order valence-electron chi connectivity index (χ0n) is 35.5. The summed E-state index contributed by atoms with van der Waals surface area (Å²) in [6.07, 6.45) is 2.50. The van der Waals surface area contributed by atoms with Gasteiger partial charge in [0.2, 0.25) is 6.29 Å². The maximum Gasteiger partial charge on any atom is 0.343 e. The van der Waals surface area contributed by atoms with E-state index in [2.05, 4.69) is 0 Å². The number of rotatable bonds is 13. The summed E-state index contributed by atoms with van der Waals surface area (Å²) in [5, 5.41) is 10.8. The van der Waals surface area contributed by atoms with Crippen molar-refractivity contribution >= 4 is 65.2 Å². The highest BCUT2D eigenvalue weighted by Gasteiger charge is 2.41. The van der Waals surface area contributed by atoms with Crippen molar-refractivity contribution in [2.24, 2.45) is 0 Å². The number of aliphatic hydroxyl groups is 1. The predicted molar refractivity (Wildman–Crippen MR) is 230 cm³/mol. The lowest BCUT2D eigenvalue weighted by molar-refractivity contribution is -0.139. The number of hydrogen-bond acceptors (Lipinski definition) is 16.